The molecule has 0 spiro atoms. The molecule has 3 N–H and O–H groups in total. The topological polar surface area (TPSA) is 46.2 Å². The van der Waals surface area contributed by atoms with E-state index in [-0.39, 0.29) is 23.7 Å². The van der Waals surface area contributed by atoms with Crippen molar-refractivity contribution in [3.8, 4) is 5.75 Å². The van der Waals surface area contributed by atoms with Crippen LogP contribution in [0.3, 0.4) is 0 Å². The Kier molecular flexibility index (Phi) is 4.59. The van der Waals surface area contributed by atoms with Gasteiger partial charge in [0, 0.05) is 11.6 Å². The Morgan fingerprint density at radius 1 is 1.44 bits per heavy atom. The van der Waals surface area contributed by atoms with Crippen LogP contribution in [0.5, 0.6) is 5.75 Å². The maximum absolute atomic E-state index is 13.5. The minimum Gasteiger partial charge on any atom is -0.506 e. The van der Waals surface area contributed by atoms with Crippen LogP contribution in [0.25, 0.3) is 0 Å². The molecule has 0 heterocycles. The average molecular weight is 311 g/mol. The average Bonchev–Trinajstić information content (AvgIpc) is 2.09. The fourth-order valence-electron chi connectivity index (χ4n) is 1.91. The van der Waals surface area contributed by atoms with Crippen molar-refractivity contribution in [2.45, 2.75) is 25.3 Å². The predicted octanol–water partition coefficient (Wildman–Crippen LogP) is 3.52. The van der Waals surface area contributed by atoms with Crippen LogP contribution in [0.2, 0.25) is 0 Å². The molecule has 2 nitrogen and oxygen atoms in total. The molecule has 0 unspecified atom stereocenters. The lowest BCUT2D eigenvalue weighted by molar-refractivity contribution is 0.256. The van der Waals surface area contributed by atoms with Crippen LogP contribution in [0.15, 0.2) is 16.6 Å². The van der Waals surface area contributed by atoms with Crippen molar-refractivity contribution in [1.29, 1.82) is 0 Å². The Hall–Kier alpha value is -0.320. The Balaban J connectivity index is 0.00000128. The van der Waals surface area contributed by atoms with Crippen LogP contribution in [0.1, 0.15) is 30.9 Å². The maximum atomic E-state index is 13.5. The van der Waals surface area contributed by atoms with Gasteiger partial charge >= 0.3 is 0 Å². The third-order valence-corrected chi connectivity index (χ3v) is 3.75. The van der Waals surface area contributed by atoms with Gasteiger partial charge in [-0.2, -0.15) is 0 Å². The van der Waals surface area contributed by atoms with Gasteiger partial charge in [-0.15, -0.1) is 12.4 Å². The highest BCUT2D eigenvalue weighted by Crippen LogP contribution is 2.42. The van der Waals surface area contributed by atoms with E-state index in [0.717, 1.165) is 19.3 Å². The molecule has 0 aromatic heterocycles. The second-order valence-electron chi connectivity index (χ2n) is 4.01. The number of phenols is 1. The molecule has 0 radical (unpaired) electrons. The SMILES string of the molecule is Cl.N[C@@H](c1c(F)ccc(Br)c1O)C1CCC1. The van der Waals surface area contributed by atoms with E-state index in [2.05, 4.69) is 15.9 Å². The Morgan fingerprint density at radius 3 is 2.56 bits per heavy atom. The fraction of sp³-hybridized carbons (Fsp3) is 0.455. The first-order valence-corrected chi connectivity index (χ1v) is 5.83. The fourth-order valence-corrected chi connectivity index (χ4v) is 2.25. The molecular weight excluding hydrogens is 296 g/mol. The van der Waals surface area contributed by atoms with Gasteiger partial charge in [-0.3, -0.25) is 0 Å². The molecule has 0 saturated heterocycles. The van der Waals surface area contributed by atoms with Crippen molar-refractivity contribution in [1.82, 2.24) is 0 Å². The number of hydrogen-bond donors (Lipinski definition) is 2. The lowest BCUT2D eigenvalue weighted by Crippen LogP contribution is -2.27. The molecule has 5 heteroatoms. The van der Waals surface area contributed by atoms with Crippen molar-refractivity contribution < 1.29 is 9.50 Å². The van der Waals surface area contributed by atoms with Gasteiger partial charge in [0.05, 0.1) is 4.47 Å². The monoisotopic (exact) mass is 309 g/mol. The second-order valence-corrected chi connectivity index (χ2v) is 4.86. The van der Waals surface area contributed by atoms with E-state index >= 15 is 0 Å². The molecular formula is C11H14BrClFNO. The maximum Gasteiger partial charge on any atom is 0.137 e. The summed E-state index contributed by atoms with van der Waals surface area (Å²) in [6, 6.07) is 2.43. The Labute approximate surface area is 109 Å². The molecule has 2 rings (SSSR count). The highest BCUT2D eigenvalue weighted by atomic mass is 79.9. The molecule has 1 aliphatic rings. The minimum absolute atomic E-state index is 0. The van der Waals surface area contributed by atoms with Gasteiger partial charge < -0.3 is 10.8 Å². The number of benzene rings is 1. The molecule has 1 aromatic carbocycles. The molecule has 0 amide bonds. The zero-order valence-corrected chi connectivity index (χ0v) is 11.0. The molecule has 16 heavy (non-hydrogen) atoms. The summed E-state index contributed by atoms with van der Waals surface area (Å²) in [6.45, 7) is 0. The van der Waals surface area contributed by atoms with E-state index in [0.29, 0.717) is 10.4 Å². The van der Waals surface area contributed by atoms with Gasteiger partial charge in [0.25, 0.3) is 0 Å². The summed E-state index contributed by atoms with van der Waals surface area (Å²) in [4.78, 5) is 0. The zero-order valence-electron chi connectivity index (χ0n) is 8.62. The number of rotatable bonds is 2. The van der Waals surface area contributed by atoms with Gasteiger partial charge in [0.1, 0.15) is 11.6 Å². The van der Waals surface area contributed by atoms with Crippen LogP contribution in [0.4, 0.5) is 4.39 Å². The second kappa shape index (κ2) is 5.34. The van der Waals surface area contributed by atoms with Gasteiger partial charge in [0.2, 0.25) is 0 Å². The van der Waals surface area contributed by atoms with E-state index in [4.69, 9.17) is 5.73 Å². The van der Waals surface area contributed by atoms with Gasteiger partial charge in [-0.25, -0.2) is 4.39 Å². The number of phenolic OH excluding ortho intramolecular Hbond substituents is 1. The van der Waals surface area contributed by atoms with Crippen LogP contribution < -0.4 is 5.73 Å². The Morgan fingerprint density at radius 2 is 2.06 bits per heavy atom. The summed E-state index contributed by atoms with van der Waals surface area (Å²) < 4.78 is 14.0. The van der Waals surface area contributed by atoms with Crippen molar-refractivity contribution in [3.05, 3.63) is 28.0 Å². The number of aromatic hydroxyl groups is 1. The van der Waals surface area contributed by atoms with Crippen LogP contribution in [-0.4, -0.2) is 5.11 Å². The minimum atomic E-state index is -0.421. The van der Waals surface area contributed by atoms with Gasteiger partial charge in [-0.05, 0) is 46.8 Å². The molecule has 1 fully saturated rings. The van der Waals surface area contributed by atoms with E-state index in [9.17, 15) is 9.50 Å². The Bertz CT molecular complexity index is 384. The lowest BCUT2D eigenvalue weighted by Gasteiger charge is -2.32. The van der Waals surface area contributed by atoms with Crippen molar-refractivity contribution >= 4 is 28.3 Å². The summed E-state index contributed by atoms with van der Waals surface area (Å²) in [5.74, 6) is -0.177. The molecule has 1 atom stereocenters. The normalized spacial score (nSPS) is 17.4. The van der Waals surface area contributed by atoms with Crippen LogP contribution in [-0.2, 0) is 0 Å². The third kappa shape index (κ3) is 2.34. The summed E-state index contributed by atoms with van der Waals surface area (Å²) in [6.07, 6.45) is 3.19. The van der Waals surface area contributed by atoms with Gasteiger partial charge in [-0.1, -0.05) is 6.42 Å². The van der Waals surface area contributed by atoms with Crippen LogP contribution >= 0.6 is 28.3 Å². The third-order valence-electron chi connectivity index (χ3n) is 3.11. The predicted molar refractivity (Wildman–Crippen MR) is 67.3 cm³/mol. The lowest BCUT2D eigenvalue weighted by atomic mass is 9.77. The van der Waals surface area contributed by atoms with E-state index in [1.54, 1.807) is 0 Å². The molecule has 1 aliphatic carbocycles. The molecule has 0 aliphatic heterocycles. The van der Waals surface area contributed by atoms with Crippen molar-refractivity contribution in [3.63, 3.8) is 0 Å². The van der Waals surface area contributed by atoms with Crippen molar-refractivity contribution in [2.75, 3.05) is 0 Å². The zero-order chi connectivity index (χ0) is 11.0. The molecule has 0 bridgehead atoms. The molecule has 1 saturated carbocycles. The van der Waals surface area contributed by atoms with Crippen LogP contribution in [0, 0.1) is 11.7 Å². The first-order valence-electron chi connectivity index (χ1n) is 5.03. The summed E-state index contributed by atoms with van der Waals surface area (Å²) in [5.41, 5.74) is 6.19. The highest BCUT2D eigenvalue weighted by molar-refractivity contribution is 9.10. The van der Waals surface area contributed by atoms with E-state index < -0.39 is 11.9 Å². The highest BCUT2D eigenvalue weighted by Gasteiger charge is 2.29. The first kappa shape index (κ1) is 13.7. The van der Waals surface area contributed by atoms with E-state index in [1.165, 1.54) is 12.1 Å². The number of hydrogen-bond acceptors (Lipinski definition) is 2. The number of nitrogens with two attached hydrogens (primary N) is 1. The summed E-state index contributed by atoms with van der Waals surface area (Å²) in [7, 11) is 0. The summed E-state index contributed by atoms with van der Waals surface area (Å²) in [5, 5.41) is 9.75. The smallest absolute Gasteiger partial charge is 0.137 e. The summed E-state index contributed by atoms with van der Waals surface area (Å²) >= 11 is 3.17. The molecule has 1 aromatic rings. The standard InChI is InChI=1S/C11H13BrFNO.ClH/c12-7-4-5-8(13)9(11(7)15)10(14)6-2-1-3-6;/h4-6,10,15H,1-3,14H2;1H/t10-;/m1./s1. The number of halogens is 3. The largest absolute Gasteiger partial charge is 0.506 e. The first-order chi connectivity index (χ1) is 7.11. The molecule has 90 valence electrons. The van der Waals surface area contributed by atoms with E-state index in [1.807, 2.05) is 0 Å². The van der Waals surface area contributed by atoms with Gasteiger partial charge in [0.15, 0.2) is 0 Å². The quantitative estimate of drug-likeness (QED) is 0.878. The van der Waals surface area contributed by atoms with Crippen molar-refractivity contribution in [2.24, 2.45) is 11.7 Å².